The predicted octanol–water partition coefficient (Wildman–Crippen LogP) is 4.28. The van der Waals surface area contributed by atoms with Crippen molar-refractivity contribution >= 4 is 17.5 Å². The van der Waals surface area contributed by atoms with Gasteiger partial charge in [-0.05, 0) is 50.2 Å². The van der Waals surface area contributed by atoms with Gasteiger partial charge in [-0.3, -0.25) is 4.79 Å². The molecule has 0 aliphatic rings. The molecule has 0 aliphatic carbocycles. The predicted molar refractivity (Wildman–Crippen MR) is 98.2 cm³/mol. The minimum absolute atomic E-state index is 0.238. The van der Waals surface area contributed by atoms with E-state index in [0.29, 0.717) is 34.5 Å². The molecule has 26 heavy (non-hydrogen) atoms. The molecule has 1 amide bonds. The summed E-state index contributed by atoms with van der Waals surface area (Å²) in [7, 11) is 0. The van der Waals surface area contributed by atoms with E-state index in [1.165, 1.54) is 0 Å². The van der Waals surface area contributed by atoms with Crippen LogP contribution in [-0.4, -0.2) is 22.7 Å². The Labute approximate surface area is 156 Å². The molecular weight excluding hydrogens is 354 g/mol. The van der Waals surface area contributed by atoms with Crippen LogP contribution in [0.4, 0.5) is 0 Å². The Morgan fingerprint density at radius 2 is 1.96 bits per heavy atom. The Hall–Kier alpha value is -2.86. The van der Waals surface area contributed by atoms with Gasteiger partial charge in [0.1, 0.15) is 11.8 Å². The average Bonchev–Trinajstić information content (AvgIpc) is 3.13. The van der Waals surface area contributed by atoms with Gasteiger partial charge in [-0.1, -0.05) is 28.9 Å². The van der Waals surface area contributed by atoms with Crippen molar-refractivity contribution in [2.24, 2.45) is 0 Å². The number of carbonyl (C=O) groups is 1. The summed E-state index contributed by atoms with van der Waals surface area (Å²) in [5.41, 5.74) is 1.19. The summed E-state index contributed by atoms with van der Waals surface area (Å²) in [5, 5.41) is 7.31. The van der Waals surface area contributed by atoms with Crippen LogP contribution in [0.1, 0.15) is 36.1 Å². The molecule has 6 nitrogen and oxygen atoms in total. The van der Waals surface area contributed by atoms with Crippen LogP contribution in [0.25, 0.3) is 11.4 Å². The molecule has 0 unspecified atom stereocenters. The molecule has 0 saturated carbocycles. The third-order valence-electron chi connectivity index (χ3n) is 3.70. The lowest BCUT2D eigenvalue weighted by atomic mass is 10.2. The van der Waals surface area contributed by atoms with Gasteiger partial charge < -0.3 is 14.6 Å². The summed E-state index contributed by atoms with van der Waals surface area (Å²) in [6.45, 7) is 4.26. The number of carbonyl (C=O) groups excluding carboxylic acids is 1. The lowest BCUT2D eigenvalue weighted by molar-refractivity contribution is 0.0932. The van der Waals surface area contributed by atoms with E-state index in [0.717, 1.165) is 5.75 Å². The molecular formula is C19H18ClN3O3. The molecule has 3 aromatic rings. The Kier molecular flexibility index (Phi) is 5.53. The zero-order valence-corrected chi connectivity index (χ0v) is 15.2. The van der Waals surface area contributed by atoms with E-state index in [4.69, 9.17) is 20.9 Å². The number of hydrogen-bond acceptors (Lipinski definition) is 5. The molecule has 1 atom stereocenters. The summed E-state index contributed by atoms with van der Waals surface area (Å²) >= 11 is 6.15. The van der Waals surface area contributed by atoms with Gasteiger partial charge in [0, 0.05) is 11.1 Å². The summed E-state index contributed by atoms with van der Waals surface area (Å²) < 4.78 is 10.6. The lowest BCUT2D eigenvalue weighted by Crippen LogP contribution is -2.26. The maximum Gasteiger partial charge on any atom is 0.251 e. The first-order valence-electron chi connectivity index (χ1n) is 8.20. The Bertz CT molecular complexity index is 893. The standard InChI is InChI=1S/C19H18ClN3O3/c1-3-25-14-10-8-13(9-11-14)18(24)21-12(2)19-22-17(23-26-19)15-6-4-5-7-16(15)20/h4-12H,3H2,1-2H3,(H,21,24)/t12-/m0/s1. The highest BCUT2D eigenvalue weighted by molar-refractivity contribution is 6.33. The molecule has 0 saturated heterocycles. The van der Waals surface area contributed by atoms with Crippen LogP contribution in [0.2, 0.25) is 5.02 Å². The number of nitrogens with zero attached hydrogens (tertiary/aromatic N) is 2. The summed E-state index contributed by atoms with van der Waals surface area (Å²) in [6, 6.07) is 13.7. The highest BCUT2D eigenvalue weighted by Gasteiger charge is 2.19. The number of ether oxygens (including phenoxy) is 1. The van der Waals surface area contributed by atoms with Gasteiger partial charge >= 0.3 is 0 Å². The first kappa shape index (κ1) is 17.9. The molecule has 1 N–H and O–H groups in total. The smallest absolute Gasteiger partial charge is 0.251 e. The lowest BCUT2D eigenvalue weighted by Gasteiger charge is -2.10. The Balaban J connectivity index is 1.69. The minimum atomic E-state index is -0.446. The third-order valence-corrected chi connectivity index (χ3v) is 4.03. The van der Waals surface area contributed by atoms with Gasteiger partial charge in [-0.2, -0.15) is 4.98 Å². The largest absolute Gasteiger partial charge is 0.494 e. The van der Waals surface area contributed by atoms with Crippen molar-refractivity contribution < 1.29 is 14.1 Å². The SMILES string of the molecule is CCOc1ccc(C(=O)N[C@@H](C)c2nc(-c3ccccc3Cl)no2)cc1. The molecule has 1 heterocycles. The van der Waals surface area contributed by atoms with Crippen LogP contribution in [0.5, 0.6) is 5.75 Å². The monoisotopic (exact) mass is 371 g/mol. The topological polar surface area (TPSA) is 77.2 Å². The van der Waals surface area contributed by atoms with Gasteiger partial charge in [0.15, 0.2) is 0 Å². The van der Waals surface area contributed by atoms with E-state index >= 15 is 0 Å². The number of aromatic nitrogens is 2. The molecule has 2 aromatic carbocycles. The fourth-order valence-corrected chi connectivity index (χ4v) is 2.59. The van der Waals surface area contributed by atoms with Crippen molar-refractivity contribution in [3.63, 3.8) is 0 Å². The molecule has 1 aromatic heterocycles. The maximum absolute atomic E-state index is 12.4. The van der Waals surface area contributed by atoms with E-state index in [2.05, 4.69) is 15.5 Å². The summed E-state index contributed by atoms with van der Waals surface area (Å²) in [6.07, 6.45) is 0. The zero-order chi connectivity index (χ0) is 18.5. The van der Waals surface area contributed by atoms with E-state index in [9.17, 15) is 4.79 Å². The van der Waals surface area contributed by atoms with Crippen molar-refractivity contribution in [2.75, 3.05) is 6.61 Å². The maximum atomic E-state index is 12.4. The number of amides is 1. The van der Waals surface area contributed by atoms with Crippen LogP contribution in [-0.2, 0) is 0 Å². The van der Waals surface area contributed by atoms with Crippen LogP contribution >= 0.6 is 11.6 Å². The van der Waals surface area contributed by atoms with Crippen LogP contribution < -0.4 is 10.1 Å². The molecule has 0 bridgehead atoms. The summed E-state index contributed by atoms with van der Waals surface area (Å²) in [5.74, 6) is 1.17. The molecule has 3 rings (SSSR count). The molecule has 134 valence electrons. The van der Waals surface area contributed by atoms with Crippen molar-refractivity contribution in [2.45, 2.75) is 19.9 Å². The van der Waals surface area contributed by atoms with Crippen molar-refractivity contribution in [3.8, 4) is 17.1 Å². The van der Waals surface area contributed by atoms with Gasteiger partial charge in [0.25, 0.3) is 5.91 Å². The van der Waals surface area contributed by atoms with Gasteiger partial charge in [0.2, 0.25) is 11.7 Å². The second kappa shape index (κ2) is 8.01. The van der Waals surface area contributed by atoms with Gasteiger partial charge in [-0.25, -0.2) is 0 Å². The second-order valence-electron chi connectivity index (χ2n) is 5.59. The number of halogens is 1. The van der Waals surface area contributed by atoms with E-state index in [1.54, 1.807) is 43.3 Å². The third kappa shape index (κ3) is 4.03. The van der Waals surface area contributed by atoms with Crippen LogP contribution in [0.3, 0.4) is 0 Å². The number of hydrogen-bond donors (Lipinski definition) is 1. The zero-order valence-electron chi connectivity index (χ0n) is 14.4. The second-order valence-corrected chi connectivity index (χ2v) is 6.00. The molecule has 7 heteroatoms. The Morgan fingerprint density at radius 1 is 1.23 bits per heavy atom. The first-order chi connectivity index (χ1) is 12.6. The van der Waals surface area contributed by atoms with Crippen molar-refractivity contribution in [1.29, 1.82) is 0 Å². The van der Waals surface area contributed by atoms with Gasteiger partial charge in [-0.15, -0.1) is 0 Å². The van der Waals surface area contributed by atoms with Crippen molar-refractivity contribution in [3.05, 3.63) is 65.0 Å². The van der Waals surface area contributed by atoms with E-state index < -0.39 is 6.04 Å². The number of benzene rings is 2. The fourth-order valence-electron chi connectivity index (χ4n) is 2.37. The molecule has 0 spiro atoms. The number of rotatable bonds is 6. The van der Waals surface area contributed by atoms with Crippen LogP contribution in [0.15, 0.2) is 53.1 Å². The molecule has 0 radical (unpaired) electrons. The highest BCUT2D eigenvalue weighted by Crippen LogP contribution is 2.26. The van der Waals surface area contributed by atoms with Crippen LogP contribution in [0, 0.1) is 0 Å². The average molecular weight is 372 g/mol. The minimum Gasteiger partial charge on any atom is -0.494 e. The van der Waals surface area contributed by atoms with Gasteiger partial charge in [0.05, 0.1) is 11.6 Å². The van der Waals surface area contributed by atoms with E-state index in [1.807, 2.05) is 19.1 Å². The summed E-state index contributed by atoms with van der Waals surface area (Å²) in [4.78, 5) is 16.7. The highest BCUT2D eigenvalue weighted by atomic mass is 35.5. The first-order valence-corrected chi connectivity index (χ1v) is 8.58. The number of nitrogens with one attached hydrogen (secondary N) is 1. The fraction of sp³-hybridized carbons (Fsp3) is 0.211. The van der Waals surface area contributed by atoms with Crippen molar-refractivity contribution in [1.82, 2.24) is 15.5 Å². The molecule has 0 aliphatic heterocycles. The van der Waals surface area contributed by atoms with E-state index in [-0.39, 0.29) is 5.91 Å². The quantitative estimate of drug-likeness (QED) is 0.699. The normalized spacial score (nSPS) is 11.8. The molecule has 0 fully saturated rings. The Morgan fingerprint density at radius 3 is 2.65 bits per heavy atom.